The largest absolute Gasteiger partial charge is 0.482 e. The van der Waals surface area contributed by atoms with Gasteiger partial charge in [-0.25, -0.2) is 9.78 Å². The van der Waals surface area contributed by atoms with Crippen molar-refractivity contribution in [2.24, 2.45) is 0 Å². The highest BCUT2D eigenvalue weighted by Crippen LogP contribution is 2.64. The summed E-state index contributed by atoms with van der Waals surface area (Å²) in [5.74, 6) is -0.354. The maximum atomic E-state index is 12.5. The summed E-state index contributed by atoms with van der Waals surface area (Å²) in [5, 5.41) is 12.4. The molecule has 0 unspecified atom stereocenters. The Kier molecular flexibility index (Phi) is 4.51. The SMILES string of the molecule is CC(C)(C)N(C(=O)O)C12CC(NC(=O)COc3ccc(C(F)(F)F)nc3)(C1)C2. The Hall–Kier alpha value is -2.52. The number of pyridine rings is 1. The van der Waals surface area contributed by atoms with Crippen molar-refractivity contribution in [1.29, 1.82) is 0 Å². The molecule has 1 aromatic heterocycles. The fourth-order valence-corrected chi connectivity index (χ4v) is 4.42. The molecule has 28 heavy (non-hydrogen) atoms. The van der Waals surface area contributed by atoms with Gasteiger partial charge in [0, 0.05) is 11.1 Å². The summed E-state index contributed by atoms with van der Waals surface area (Å²) < 4.78 is 42.6. The second-order valence-electron chi connectivity index (χ2n) is 8.54. The van der Waals surface area contributed by atoms with E-state index >= 15 is 0 Å². The van der Waals surface area contributed by atoms with Gasteiger partial charge in [0.15, 0.2) is 6.61 Å². The lowest BCUT2D eigenvalue weighted by atomic mass is 9.43. The maximum Gasteiger partial charge on any atom is 0.433 e. The van der Waals surface area contributed by atoms with Crippen LogP contribution >= 0.6 is 0 Å². The summed E-state index contributed by atoms with van der Waals surface area (Å²) >= 11 is 0. The first-order valence-corrected chi connectivity index (χ1v) is 8.77. The maximum absolute atomic E-state index is 12.5. The van der Waals surface area contributed by atoms with E-state index in [9.17, 15) is 27.9 Å². The van der Waals surface area contributed by atoms with Crippen molar-refractivity contribution in [3.05, 3.63) is 24.0 Å². The molecule has 0 radical (unpaired) electrons. The van der Waals surface area contributed by atoms with Gasteiger partial charge in [-0.2, -0.15) is 13.2 Å². The first-order valence-electron chi connectivity index (χ1n) is 8.77. The third-order valence-corrected chi connectivity index (χ3v) is 5.14. The first kappa shape index (κ1) is 20.2. The van der Waals surface area contributed by atoms with E-state index < -0.39 is 40.5 Å². The monoisotopic (exact) mass is 401 g/mol. The molecule has 0 atom stereocenters. The van der Waals surface area contributed by atoms with Crippen molar-refractivity contribution in [2.75, 3.05) is 6.61 Å². The van der Waals surface area contributed by atoms with Crippen LogP contribution in [-0.2, 0) is 11.0 Å². The summed E-state index contributed by atoms with van der Waals surface area (Å²) in [6.07, 6.45) is -2.98. The molecule has 10 heteroatoms. The van der Waals surface area contributed by atoms with Crippen LogP contribution in [0.3, 0.4) is 0 Å². The molecule has 2 bridgehead atoms. The Morgan fingerprint density at radius 2 is 1.86 bits per heavy atom. The zero-order chi connectivity index (χ0) is 21.0. The van der Waals surface area contributed by atoms with Crippen LogP contribution in [0.5, 0.6) is 5.75 Å². The van der Waals surface area contributed by atoms with Gasteiger partial charge in [-0.1, -0.05) is 0 Å². The fraction of sp³-hybridized carbons (Fsp3) is 0.611. The Morgan fingerprint density at radius 1 is 1.25 bits per heavy atom. The summed E-state index contributed by atoms with van der Waals surface area (Å²) in [6.45, 7) is 5.14. The summed E-state index contributed by atoms with van der Waals surface area (Å²) in [4.78, 5) is 28.5. The Bertz CT molecular complexity index is 767. The van der Waals surface area contributed by atoms with Crippen molar-refractivity contribution in [2.45, 2.75) is 62.8 Å². The van der Waals surface area contributed by atoms with Gasteiger partial charge in [-0.05, 0) is 52.2 Å². The lowest BCUT2D eigenvalue weighted by Crippen LogP contribution is -2.86. The molecule has 4 rings (SSSR count). The highest BCUT2D eigenvalue weighted by atomic mass is 19.4. The van der Waals surface area contributed by atoms with Gasteiger partial charge in [0.05, 0.1) is 11.7 Å². The van der Waals surface area contributed by atoms with Gasteiger partial charge in [0.25, 0.3) is 5.91 Å². The number of ether oxygens (including phenoxy) is 1. The predicted octanol–water partition coefficient (Wildman–Crippen LogP) is 3.05. The highest BCUT2D eigenvalue weighted by Gasteiger charge is 2.73. The number of nitrogens with one attached hydrogen (secondary N) is 1. The molecule has 2 amide bonds. The molecule has 0 aromatic carbocycles. The van der Waals surface area contributed by atoms with E-state index in [1.807, 2.05) is 20.8 Å². The molecule has 3 fully saturated rings. The lowest BCUT2D eigenvalue weighted by molar-refractivity contribution is -0.190. The average Bonchev–Trinajstić information content (AvgIpc) is 2.47. The number of rotatable bonds is 5. The smallest absolute Gasteiger partial charge is 0.433 e. The summed E-state index contributed by atoms with van der Waals surface area (Å²) in [7, 11) is 0. The second kappa shape index (κ2) is 6.25. The molecule has 0 aliphatic heterocycles. The predicted molar refractivity (Wildman–Crippen MR) is 91.8 cm³/mol. The molecule has 154 valence electrons. The normalized spacial score (nSPS) is 25.9. The molecular formula is C18H22F3N3O4. The number of carboxylic acid groups (broad SMARTS) is 1. The van der Waals surface area contributed by atoms with Crippen molar-refractivity contribution in [1.82, 2.24) is 15.2 Å². The Balaban J connectivity index is 1.50. The molecule has 2 N–H and O–H groups in total. The van der Waals surface area contributed by atoms with E-state index in [4.69, 9.17) is 4.74 Å². The van der Waals surface area contributed by atoms with Gasteiger partial charge in [-0.15, -0.1) is 0 Å². The molecular weight excluding hydrogens is 379 g/mol. The topological polar surface area (TPSA) is 91.8 Å². The van der Waals surface area contributed by atoms with E-state index in [1.54, 1.807) is 0 Å². The Labute approximate surface area is 159 Å². The minimum absolute atomic E-state index is 0.0574. The zero-order valence-corrected chi connectivity index (χ0v) is 15.8. The molecule has 0 saturated heterocycles. The van der Waals surface area contributed by atoms with Crippen molar-refractivity contribution >= 4 is 12.0 Å². The number of hydrogen-bond acceptors (Lipinski definition) is 4. The van der Waals surface area contributed by atoms with Crippen LogP contribution in [0.15, 0.2) is 18.3 Å². The number of carbonyl (C=O) groups excluding carboxylic acids is 1. The van der Waals surface area contributed by atoms with E-state index in [1.165, 1.54) is 4.90 Å². The molecule has 3 saturated carbocycles. The van der Waals surface area contributed by atoms with Gasteiger partial charge in [0.2, 0.25) is 0 Å². The van der Waals surface area contributed by atoms with Crippen LogP contribution in [0.25, 0.3) is 0 Å². The minimum Gasteiger partial charge on any atom is -0.482 e. The summed E-state index contributed by atoms with van der Waals surface area (Å²) in [6, 6.07) is 1.89. The fourth-order valence-electron chi connectivity index (χ4n) is 4.42. The van der Waals surface area contributed by atoms with Crippen LogP contribution in [0, 0.1) is 0 Å². The van der Waals surface area contributed by atoms with E-state index in [0.717, 1.165) is 18.3 Å². The van der Waals surface area contributed by atoms with Gasteiger partial charge in [0.1, 0.15) is 11.4 Å². The standard InChI is InChI=1S/C18H22F3N3O4/c1-15(2,3)24(14(26)27)17-8-16(9-17,10-17)23-13(25)7-28-11-4-5-12(22-6-11)18(19,20)21/h4-6H,7-10H2,1-3H3,(H,23,25)(H,26,27). The van der Waals surface area contributed by atoms with Gasteiger partial charge < -0.3 is 15.2 Å². The number of alkyl halides is 3. The third kappa shape index (κ3) is 3.59. The number of halogens is 3. The van der Waals surface area contributed by atoms with Crippen molar-refractivity contribution in [3.63, 3.8) is 0 Å². The van der Waals surface area contributed by atoms with Crippen molar-refractivity contribution < 1.29 is 32.6 Å². The van der Waals surface area contributed by atoms with Crippen LogP contribution in [0.4, 0.5) is 18.0 Å². The number of hydrogen-bond donors (Lipinski definition) is 2. The summed E-state index contributed by atoms with van der Waals surface area (Å²) in [5.41, 5.74) is -2.46. The van der Waals surface area contributed by atoms with Crippen LogP contribution in [-0.4, -0.2) is 50.2 Å². The van der Waals surface area contributed by atoms with E-state index in [0.29, 0.717) is 19.3 Å². The number of carbonyl (C=O) groups is 2. The van der Waals surface area contributed by atoms with Crippen LogP contribution in [0.1, 0.15) is 45.7 Å². The molecule has 1 heterocycles. The third-order valence-electron chi connectivity index (χ3n) is 5.14. The number of nitrogens with zero attached hydrogens (tertiary/aromatic N) is 2. The van der Waals surface area contributed by atoms with Crippen LogP contribution < -0.4 is 10.1 Å². The highest BCUT2D eigenvalue weighted by molar-refractivity contribution is 5.79. The number of amides is 2. The van der Waals surface area contributed by atoms with E-state index in [-0.39, 0.29) is 12.4 Å². The zero-order valence-electron chi connectivity index (χ0n) is 15.8. The Morgan fingerprint density at radius 3 is 2.29 bits per heavy atom. The second-order valence-corrected chi connectivity index (χ2v) is 8.54. The number of aromatic nitrogens is 1. The average molecular weight is 401 g/mol. The molecule has 0 spiro atoms. The minimum atomic E-state index is -4.53. The lowest BCUT2D eigenvalue weighted by Gasteiger charge is -2.74. The molecule has 7 nitrogen and oxygen atoms in total. The molecule has 1 aromatic rings. The van der Waals surface area contributed by atoms with Gasteiger partial charge in [-0.3, -0.25) is 9.69 Å². The van der Waals surface area contributed by atoms with E-state index in [2.05, 4.69) is 10.3 Å². The van der Waals surface area contributed by atoms with Crippen molar-refractivity contribution in [3.8, 4) is 5.75 Å². The van der Waals surface area contributed by atoms with Gasteiger partial charge >= 0.3 is 12.3 Å². The van der Waals surface area contributed by atoms with Crippen LogP contribution in [0.2, 0.25) is 0 Å². The molecule has 3 aliphatic rings. The first-order chi connectivity index (χ1) is 12.8. The quantitative estimate of drug-likeness (QED) is 0.791. The molecule has 3 aliphatic carbocycles.